The highest BCUT2D eigenvalue weighted by Gasteiger charge is 2.20. The third-order valence-electron chi connectivity index (χ3n) is 3.83. The molecule has 1 unspecified atom stereocenters. The molecule has 21 heavy (non-hydrogen) atoms. The van der Waals surface area contributed by atoms with E-state index in [1.54, 1.807) is 12.1 Å². The van der Waals surface area contributed by atoms with Crippen LogP contribution in [0, 0.1) is 0 Å². The summed E-state index contributed by atoms with van der Waals surface area (Å²) >= 11 is 12.0. The van der Waals surface area contributed by atoms with Gasteiger partial charge < -0.3 is 10.1 Å². The number of nitrogens with zero attached hydrogens (tertiary/aromatic N) is 1. The van der Waals surface area contributed by atoms with Gasteiger partial charge in [0.15, 0.2) is 0 Å². The summed E-state index contributed by atoms with van der Waals surface area (Å²) in [5.74, 6) is 0.708. The molecular weight excluding hydrogens is 307 g/mol. The number of piperidine rings is 1. The van der Waals surface area contributed by atoms with E-state index >= 15 is 0 Å². The van der Waals surface area contributed by atoms with Gasteiger partial charge in [0.25, 0.3) is 0 Å². The fraction of sp³-hybridized carbons (Fsp3) is 0.625. The van der Waals surface area contributed by atoms with Gasteiger partial charge in [-0.05, 0) is 50.6 Å². The zero-order valence-electron chi connectivity index (χ0n) is 12.6. The molecule has 1 fully saturated rings. The van der Waals surface area contributed by atoms with Crippen molar-refractivity contribution < 1.29 is 4.74 Å². The maximum Gasteiger partial charge on any atom is 0.138 e. The Balaban J connectivity index is 1.83. The van der Waals surface area contributed by atoms with Gasteiger partial charge in [0.2, 0.25) is 0 Å². The van der Waals surface area contributed by atoms with Crippen molar-refractivity contribution in [1.29, 1.82) is 0 Å². The van der Waals surface area contributed by atoms with Gasteiger partial charge in [-0.2, -0.15) is 0 Å². The van der Waals surface area contributed by atoms with Crippen molar-refractivity contribution in [2.75, 3.05) is 32.8 Å². The molecule has 3 nitrogen and oxygen atoms in total. The monoisotopic (exact) mass is 330 g/mol. The van der Waals surface area contributed by atoms with E-state index in [1.165, 1.54) is 12.8 Å². The minimum atomic E-state index is 0.573. The standard InChI is InChI=1S/C16H24Cl2N2O/c1-2-8-20(14-4-3-7-19-12-14)9-10-21-16-6-5-13(17)11-15(16)18/h5-6,11,14,19H,2-4,7-10,12H2,1H3. The molecule has 0 aliphatic carbocycles. The molecule has 1 aromatic rings. The lowest BCUT2D eigenvalue weighted by Gasteiger charge is -2.34. The largest absolute Gasteiger partial charge is 0.491 e. The van der Waals surface area contributed by atoms with Crippen LogP contribution in [0.1, 0.15) is 26.2 Å². The van der Waals surface area contributed by atoms with Crippen LogP contribution in [-0.4, -0.2) is 43.7 Å². The van der Waals surface area contributed by atoms with Gasteiger partial charge in [-0.1, -0.05) is 30.1 Å². The van der Waals surface area contributed by atoms with Crippen molar-refractivity contribution in [3.05, 3.63) is 28.2 Å². The number of nitrogens with one attached hydrogen (secondary N) is 1. The Morgan fingerprint density at radius 2 is 2.19 bits per heavy atom. The lowest BCUT2D eigenvalue weighted by Crippen LogP contribution is -2.47. The minimum Gasteiger partial charge on any atom is -0.491 e. The first-order chi connectivity index (χ1) is 10.2. The van der Waals surface area contributed by atoms with Gasteiger partial charge in [0.1, 0.15) is 12.4 Å². The van der Waals surface area contributed by atoms with Crippen LogP contribution in [0.4, 0.5) is 0 Å². The molecule has 0 bridgehead atoms. The van der Waals surface area contributed by atoms with Gasteiger partial charge in [-0.15, -0.1) is 0 Å². The average molecular weight is 331 g/mol. The quantitative estimate of drug-likeness (QED) is 0.822. The summed E-state index contributed by atoms with van der Waals surface area (Å²) in [6.07, 6.45) is 3.70. The van der Waals surface area contributed by atoms with Crippen molar-refractivity contribution in [3.8, 4) is 5.75 Å². The van der Waals surface area contributed by atoms with Crippen LogP contribution in [0.15, 0.2) is 18.2 Å². The summed E-state index contributed by atoms with van der Waals surface area (Å²) in [6.45, 7) is 7.15. The molecule has 0 radical (unpaired) electrons. The van der Waals surface area contributed by atoms with Crippen molar-refractivity contribution in [3.63, 3.8) is 0 Å². The van der Waals surface area contributed by atoms with Crippen LogP contribution in [0.2, 0.25) is 10.0 Å². The fourth-order valence-electron chi connectivity index (χ4n) is 2.77. The van der Waals surface area contributed by atoms with Gasteiger partial charge in [0.05, 0.1) is 5.02 Å². The molecule has 0 saturated carbocycles. The van der Waals surface area contributed by atoms with E-state index in [-0.39, 0.29) is 0 Å². The van der Waals surface area contributed by atoms with Crippen LogP contribution < -0.4 is 10.1 Å². The summed E-state index contributed by atoms with van der Waals surface area (Å²) < 4.78 is 5.81. The number of rotatable bonds is 7. The zero-order valence-corrected chi connectivity index (χ0v) is 14.1. The zero-order chi connectivity index (χ0) is 15.1. The smallest absolute Gasteiger partial charge is 0.138 e. The predicted octanol–water partition coefficient (Wildman–Crippen LogP) is 3.84. The lowest BCUT2D eigenvalue weighted by atomic mass is 10.1. The summed E-state index contributed by atoms with van der Waals surface area (Å²) in [5, 5.41) is 4.68. The Hall–Kier alpha value is -0.480. The van der Waals surface area contributed by atoms with Gasteiger partial charge in [-0.3, -0.25) is 4.90 Å². The first-order valence-corrected chi connectivity index (χ1v) is 8.49. The highest BCUT2D eigenvalue weighted by Crippen LogP contribution is 2.27. The van der Waals surface area contributed by atoms with E-state index in [1.807, 2.05) is 6.07 Å². The second kappa shape index (κ2) is 8.84. The molecule has 1 atom stereocenters. The molecule has 1 aliphatic heterocycles. The molecule has 1 N–H and O–H groups in total. The third kappa shape index (κ3) is 5.33. The molecule has 0 aromatic heterocycles. The summed E-state index contributed by atoms with van der Waals surface area (Å²) in [5.41, 5.74) is 0. The van der Waals surface area contributed by atoms with Gasteiger partial charge in [0, 0.05) is 24.2 Å². The van der Waals surface area contributed by atoms with Gasteiger partial charge in [-0.25, -0.2) is 0 Å². The first kappa shape index (κ1) is 16.9. The fourth-order valence-corrected chi connectivity index (χ4v) is 3.24. The number of benzene rings is 1. The third-order valence-corrected chi connectivity index (χ3v) is 4.36. The van der Waals surface area contributed by atoms with E-state index < -0.39 is 0 Å². The Morgan fingerprint density at radius 1 is 1.33 bits per heavy atom. The lowest BCUT2D eigenvalue weighted by molar-refractivity contribution is 0.138. The van der Waals surface area contributed by atoms with Crippen LogP contribution in [0.3, 0.4) is 0 Å². The number of ether oxygens (including phenoxy) is 1. The molecule has 0 spiro atoms. The van der Waals surface area contributed by atoms with Crippen molar-refractivity contribution >= 4 is 23.2 Å². The Morgan fingerprint density at radius 3 is 2.86 bits per heavy atom. The molecule has 5 heteroatoms. The summed E-state index contributed by atoms with van der Waals surface area (Å²) in [6, 6.07) is 5.98. The van der Waals surface area contributed by atoms with E-state index in [2.05, 4.69) is 17.1 Å². The molecule has 2 rings (SSSR count). The van der Waals surface area contributed by atoms with Crippen LogP contribution in [0.5, 0.6) is 5.75 Å². The normalized spacial score (nSPS) is 19.0. The van der Waals surface area contributed by atoms with Crippen molar-refractivity contribution in [2.45, 2.75) is 32.2 Å². The summed E-state index contributed by atoms with van der Waals surface area (Å²) in [4.78, 5) is 2.52. The first-order valence-electron chi connectivity index (χ1n) is 7.73. The second-order valence-electron chi connectivity index (χ2n) is 5.46. The highest BCUT2D eigenvalue weighted by molar-refractivity contribution is 6.35. The Labute approximate surface area is 137 Å². The second-order valence-corrected chi connectivity index (χ2v) is 6.30. The van der Waals surface area contributed by atoms with E-state index in [0.717, 1.165) is 32.6 Å². The van der Waals surface area contributed by atoms with E-state index in [0.29, 0.717) is 28.4 Å². The molecule has 1 aliphatic rings. The van der Waals surface area contributed by atoms with Crippen LogP contribution >= 0.6 is 23.2 Å². The Kier molecular flexibility index (Phi) is 7.11. The molecule has 118 valence electrons. The van der Waals surface area contributed by atoms with E-state index in [4.69, 9.17) is 27.9 Å². The SMILES string of the molecule is CCCN(CCOc1ccc(Cl)cc1Cl)C1CCCNC1. The highest BCUT2D eigenvalue weighted by atomic mass is 35.5. The molecule has 1 saturated heterocycles. The average Bonchev–Trinajstić information content (AvgIpc) is 2.49. The molecule has 1 heterocycles. The number of hydrogen-bond donors (Lipinski definition) is 1. The number of hydrogen-bond acceptors (Lipinski definition) is 3. The topological polar surface area (TPSA) is 24.5 Å². The maximum atomic E-state index is 6.12. The van der Waals surface area contributed by atoms with Crippen LogP contribution in [0.25, 0.3) is 0 Å². The molecule has 0 amide bonds. The maximum absolute atomic E-state index is 6.12. The predicted molar refractivity (Wildman–Crippen MR) is 89.7 cm³/mol. The number of halogens is 2. The van der Waals surface area contributed by atoms with Crippen molar-refractivity contribution in [1.82, 2.24) is 10.2 Å². The minimum absolute atomic E-state index is 0.573. The summed E-state index contributed by atoms with van der Waals surface area (Å²) in [7, 11) is 0. The van der Waals surface area contributed by atoms with Gasteiger partial charge >= 0.3 is 0 Å². The molecule has 1 aromatic carbocycles. The Bertz CT molecular complexity index is 436. The van der Waals surface area contributed by atoms with Crippen LogP contribution in [-0.2, 0) is 0 Å². The van der Waals surface area contributed by atoms with E-state index in [9.17, 15) is 0 Å². The molecular formula is C16H24Cl2N2O. The van der Waals surface area contributed by atoms with Crippen molar-refractivity contribution in [2.24, 2.45) is 0 Å².